The highest BCUT2D eigenvalue weighted by Crippen LogP contribution is 2.41. The molecule has 1 aliphatic carbocycles. The zero-order chi connectivity index (χ0) is 17.7. The predicted molar refractivity (Wildman–Crippen MR) is 100 cm³/mol. The van der Waals surface area contributed by atoms with Crippen molar-refractivity contribution < 1.29 is 5.11 Å². The molecule has 0 radical (unpaired) electrons. The van der Waals surface area contributed by atoms with E-state index in [1.54, 1.807) is 0 Å². The molecule has 0 spiro atoms. The lowest BCUT2D eigenvalue weighted by atomic mass is 9.89. The molecule has 1 heterocycles. The second kappa shape index (κ2) is 5.65. The summed E-state index contributed by atoms with van der Waals surface area (Å²) in [4.78, 5) is 0. The number of nitrogen functional groups attached to an aromatic ring is 1. The molecule has 2 aromatic carbocycles. The van der Waals surface area contributed by atoms with Crippen LogP contribution in [0.4, 0.5) is 5.69 Å². The molecule has 0 unspecified atom stereocenters. The highest BCUT2D eigenvalue weighted by atomic mass is 16.3. The maximum absolute atomic E-state index is 9.72. The van der Waals surface area contributed by atoms with Gasteiger partial charge in [-0.3, -0.25) is 0 Å². The van der Waals surface area contributed by atoms with Crippen LogP contribution in [0, 0.1) is 25.2 Å². The van der Waals surface area contributed by atoms with E-state index in [2.05, 4.69) is 29.0 Å². The van der Waals surface area contributed by atoms with E-state index in [9.17, 15) is 10.4 Å². The largest absolute Gasteiger partial charge is 0.398 e. The van der Waals surface area contributed by atoms with Crippen molar-refractivity contribution in [2.45, 2.75) is 38.8 Å². The SMILES string of the molecule is Cc1cc2c(cc1C#N)c(-c1cccc(N)c1C)cn2[C@H]1C[C@H](O)C1. The van der Waals surface area contributed by atoms with Crippen LogP contribution in [0.3, 0.4) is 0 Å². The highest BCUT2D eigenvalue weighted by Gasteiger charge is 2.30. The molecule has 0 saturated heterocycles. The summed E-state index contributed by atoms with van der Waals surface area (Å²) < 4.78 is 2.26. The monoisotopic (exact) mass is 331 g/mol. The van der Waals surface area contributed by atoms with Crippen molar-refractivity contribution in [3.63, 3.8) is 0 Å². The Morgan fingerprint density at radius 3 is 2.64 bits per heavy atom. The van der Waals surface area contributed by atoms with Crippen LogP contribution in [0.2, 0.25) is 0 Å². The number of anilines is 1. The molecular formula is C21H21N3O. The molecule has 1 aromatic heterocycles. The van der Waals surface area contributed by atoms with Gasteiger partial charge < -0.3 is 15.4 Å². The third kappa shape index (κ3) is 2.40. The molecule has 25 heavy (non-hydrogen) atoms. The summed E-state index contributed by atoms with van der Waals surface area (Å²) in [5, 5.41) is 20.2. The van der Waals surface area contributed by atoms with Crippen molar-refractivity contribution >= 4 is 16.6 Å². The minimum absolute atomic E-state index is 0.209. The van der Waals surface area contributed by atoms with Gasteiger partial charge in [0.1, 0.15) is 0 Å². The lowest BCUT2D eigenvalue weighted by Crippen LogP contribution is -2.30. The number of rotatable bonds is 2. The summed E-state index contributed by atoms with van der Waals surface area (Å²) in [6.45, 7) is 4.00. The fraction of sp³-hybridized carbons (Fsp3) is 0.286. The molecule has 4 heteroatoms. The third-order valence-electron chi connectivity index (χ3n) is 5.45. The van der Waals surface area contributed by atoms with Crippen LogP contribution in [0.5, 0.6) is 0 Å². The molecule has 4 nitrogen and oxygen atoms in total. The van der Waals surface area contributed by atoms with Gasteiger partial charge in [0.15, 0.2) is 0 Å². The number of benzene rings is 2. The Morgan fingerprint density at radius 1 is 1.20 bits per heavy atom. The molecule has 0 atom stereocenters. The standard InChI is InChI=1S/C21H21N3O/c1-12-6-21-18(7-14(12)10-22)19(11-24(21)15-8-16(25)9-15)17-4-3-5-20(23)13(17)2/h3-7,11,15-16,25H,8-9,23H2,1-2H3/t15-,16-. The van der Waals surface area contributed by atoms with Gasteiger partial charge in [-0.05, 0) is 61.6 Å². The van der Waals surface area contributed by atoms with Gasteiger partial charge in [-0.2, -0.15) is 5.26 Å². The van der Waals surface area contributed by atoms with Crippen LogP contribution in [0.25, 0.3) is 22.0 Å². The smallest absolute Gasteiger partial charge is 0.0994 e. The summed E-state index contributed by atoms with van der Waals surface area (Å²) in [6.07, 6.45) is 3.50. The molecule has 4 rings (SSSR count). The lowest BCUT2D eigenvalue weighted by Gasteiger charge is -2.33. The number of fused-ring (bicyclic) bond motifs is 1. The maximum Gasteiger partial charge on any atom is 0.0994 e. The number of nitriles is 1. The molecule has 126 valence electrons. The van der Waals surface area contributed by atoms with Crippen molar-refractivity contribution in [1.29, 1.82) is 5.26 Å². The second-order valence-corrected chi connectivity index (χ2v) is 7.04. The van der Waals surface area contributed by atoms with Crippen LogP contribution >= 0.6 is 0 Å². The van der Waals surface area contributed by atoms with E-state index in [1.807, 2.05) is 32.0 Å². The molecular weight excluding hydrogens is 310 g/mol. The van der Waals surface area contributed by atoms with Crippen LogP contribution in [-0.2, 0) is 0 Å². The minimum Gasteiger partial charge on any atom is -0.398 e. The Labute approximate surface area is 147 Å². The number of nitrogens with two attached hydrogens (primary N) is 1. The average molecular weight is 331 g/mol. The number of hydrogen-bond donors (Lipinski definition) is 2. The topological polar surface area (TPSA) is 75.0 Å². The van der Waals surface area contributed by atoms with Gasteiger partial charge in [-0.25, -0.2) is 0 Å². The molecule has 1 fully saturated rings. The lowest BCUT2D eigenvalue weighted by molar-refractivity contribution is 0.0504. The van der Waals surface area contributed by atoms with Crippen molar-refractivity contribution in [3.8, 4) is 17.2 Å². The van der Waals surface area contributed by atoms with Crippen LogP contribution in [0.1, 0.15) is 35.6 Å². The van der Waals surface area contributed by atoms with Gasteiger partial charge in [-0.1, -0.05) is 12.1 Å². The van der Waals surface area contributed by atoms with E-state index in [4.69, 9.17) is 5.73 Å². The number of aromatic nitrogens is 1. The number of aliphatic hydroxyl groups is 1. The maximum atomic E-state index is 9.72. The van der Waals surface area contributed by atoms with Crippen molar-refractivity contribution in [2.75, 3.05) is 5.73 Å². The van der Waals surface area contributed by atoms with E-state index in [0.29, 0.717) is 11.6 Å². The zero-order valence-electron chi connectivity index (χ0n) is 14.5. The van der Waals surface area contributed by atoms with Crippen molar-refractivity contribution in [1.82, 2.24) is 4.57 Å². The molecule has 0 amide bonds. The summed E-state index contributed by atoms with van der Waals surface area (Å²) in [7, 11) is 0. The third-order valence-corrected chi connectivity index (χ3v) is 5.45. The summed E-state index contributed by atoms with van der Waals surface area (Å²) in [5.74, 6) is 0. The van der Waals surface area contributed by atoms with Gasteiger partial charge in [0.05, 0.1) is 17.7 Å². The van der Waals surface area contributed by atoms with Crippen LogP contribution in [-0.4, -0.2) is 15.8 Å². The summed E-state index contributed by atoms with van der Waals surface area (Å²) in [6, 6.07) is 12.6. The molecule has 0 bridgehead atoms. The van der Waals surface area contributed by atoms with Gasteiger partial charge in [0, 0.05) is 34.4 Å². The highest BCUT2D eigenvalue weighted by molar-refractivity contribution is 5.98. The molecule has 1 saturated carbocycles. The van der Waals surface area contributed by atoms with Gasteiger partial charge >= 0.3 is 0 Å². The Balaban J connectivity index is 2.00. The minimum atomic E-state index is -0.209. The number of hydrogen-bond acceptors (Lipinski definition) is 3. The first kappa shape index (κ1) is 15.7. The summed E-state index contributed by atoms with van der Waals surface area (Å²) in [5.41, 5.74) is 12.9. The van der Waals surface area contributed by atoms with E-state index in [-0.39, 0.29) is 6.10 Å². The Hall–Kier alpha value is -2.77. The molecule has 3 aromatic rings. The average Bonchev–Trinajstić information content (AvgIpc) is 2.91. The van der Waals surface area contributed by atoms with E-state index in [0.717, 1.165) is 51.7 Å². The first-order chi connectivity index (χ1) is 12.0. The molecule has 3 N–H and O–H groups in total. The second-order valence-electron chi connectivity index (χ2n) is 7.04. The fourth-order valence-corrected chi connectivity index (χ4v) is 3.77. The fourth-order valence-electron chi connectivity index (χ4n) is 3.77. The summed E-state index contributed by atoms with van der Waals surface area (Å²) >= 11 is 0. The van der Waals surface area contributed by atoms with E-state index >= 15 is 0 Å². The zero-order valence-corrected chi connectivity index (χ0v) is 14.5. The van der Waals surface area contributed by atoms with Crippen molar-refractivity contribution in [3.05, 3.63) is 53.2 Å². The Kier molecular flexibility index (Phi) is 3.55. The van der Waals surface area contributed by atoms with Gasteiger partial charge in [0.25, 0.3) is 0 Å². The molecule has 1 aliphatic rings. The number of aliphatic hydroxyl groups excluding tert-OH is 1. The molecule has 0 aliphatic heterocycles. The number of nitrogens with zero attached hydrogens (tertiary/aromatic N) is 2. The van der Waals surface area contributed by atoms with Gasteiger partial charge in [0.2, 0.25) is 0 Å². The quantitative estimate of drug-likeness (QED) is 0.695. The van der Waals surface area contributed by atoms with Crippen molar-refractivity contribution in [2.24, 2.45) is 0 Å². The number of aryl methyl sites for hydroxylation is 1. The first-order valence-corrected chi connectivity index (χ1v) is 8.58. The predicted octanol–water partition coefficient (Wildman–Crippen LogP) is 4.07. The normalized spacial score (nSPS) is 19.6. The van der Waals surface area contributed by atoms with Crippen LogP contribution < -0.4 is 5.73 Å². The van der Waals surface area contributed by atoms with Gasteiger partial charge in [-0.15, -0.1) is 0 Å². The Morgan fingerprint density at radius 2 is 1.96 bits per heavy atom. The van der Waals surface area contributed by atoms with Crippen LogP contribution in [0.15, 0.2) is 36.5 Å². The first-order valence-electron chi connectivity index (χ1n) is 8.58. The van der Waals surface area contributed by atoms with E-state index in [1.165, 1.54) is 0 Å². The Bertz CT molecular complexity index is 1020. The van der Waals surface area contributed by atoms with E-state index < -0.39 is 0 Å².